The van der Waals surface area contributed by atoms with Gasteiger partial charge in [0, 0.05) is 31.7 Å². The molecule has 1 aliphatic rings. The minimum absolute atomic E-state index is 0.0348. The zero-order valence-corrected chi connectivity index (χ0v) is 13.2. The highest BCUT2D eigenvalue weighted by atomic mass is 16.2. The summed E-state index contributed by atoms with van der Waals surface area (Å²) in [7, 11) is 1.80. The summed E-state index contributed by atoms with van der Waals surface area (Å²) >= 11 is 0. The quantitative estimate of drug-likeness (QED) is 0.700. The van der Waals surface area contributed by atoms with Gasteiger partial charge >= 0.3 is 0 Å². The Morgan fingerprint density at radius 1 is 1.25 bits per heavy atom. The molecule has 1 fully saturated rings. The molecule has 6 nitrogen and oxygen atoms in total. The molecule has 2 amide bonds. The van der Waals surface area contributed by atoms with Crippen LogP contribution in [0.5, 0.6) is 0 Å². The van der Waals surface area contributed by atoms with Gasteiger partial charge in [0.2, 0.25) is 11.8 Å². The first-order valence-electron chi connectivity index (χ1n) is 7.32. The molecule has 2 N–H and O–H groups in total. The standard InChI is InChI=1S/C14H28N4O2/c1-5-14(2,3)16-12(19)10-17(4)11-13(20)18-8-6-15-7-9-18/h15H,5-11H2,1-4H3,(H,16,19). The average molecular weight is 284 g/mol. The van der Waals surface area contributed by atoms with Crippen molar-refractivity contribution >= 4 is 11.8 Å². The van der Waals surface area contributed by atoms with Crippen LogP contribution in [0.25, 0.3) is 0 Å². The largest absolute Gasteiger partial charge is 0.350 e. The Labute approximate surface area is 121 Å². The van der Waals surface area contributed by atoms with Crippen molar-refractivity contribution in [2.75, 3.05) is 46.3 Å². The molecule has 1 heterocycles. The van der Waals surface area contributed by atoms with Crippen LogP contribution < -0.4 is 10.6 Å². The van der Waals surface area contributed by atoms with Crippen LogP contribution in [0, 0.1) is 0 Å². The molecule has 0 aliphatic carbocycles. The fraction of sp³-hybridized carbons (Fsp3) is 0.857. The van der Waals surface area contributed by atoms with Crippen molar-refractivity contribution in [2.24, 2.45) is 0 Å². The number of piperazine rings is 1. The third kappa shape index (κ3) is 5.88. The van der Waals surface area contributed by atoms with Gasteiger partial charge in [-0.15, -0.1) is 0 Å². The highest BCUT2D eigenvalue weighted by Gasteiger charge is 2.21. The minimum Gasteiger partial charge on any atom is -0.350 e. The Balaban J connectivity index is 2.33. The molecule has 1 rings (SSSR count). The molecule has 6 heteroatoms. The molecule has 0 aromatic carbocycles. The van der Waals surface area contributed by atoms with E-state index in [1.165, 1.54) is 0 Å². The number of rotatable bonds is 6. The number of amides is 2. The zero-order chi connectivity index (χ0) is 15.2. The Hall–Kier alpha value is -1.14. The van der Waals surface area contributed by atoms with Gasteiger partial charge in [0.15, 0.2) is 0 Å². The number of carbonyl (C=O) groups is 2. The van der Waals surface area contributed by atoms with E-state index in [1.54, 1.807) is 11.9 Å². The van der Waals surface area contributed by atoms with Crippen molar-refractivity contribution in [1.82, 2.24) is 20.4 Å². The summed E-state index contributed by atoms with van der Waals surface area (Å²) < 4.78 is 0. The summed E-state index contributed by atoms with van der Waals surface area (Å²) in [5.74, 6) is 0.0593. The molecule has 1 saturated heterocycles. The van der Waals surface area contributed by atoms with Crippen molar-refractivity contribution in [3.05, 3.63) is 0 Å². The highest BCUT2D eigenvalue weighted by Crippen LogP contribution is 2.06. The van der Waals surface area contributed by atoms with E-state index in [1.807, 2.05) is 25.7 Å². The first-order chi connectivity index (χ1) is 9.34. The van der Waals surface area contributed by atoms with Crippen molar-refractivity contribution in [3.63, 3.8) is 0 Å². The second kappa shape index (κ2) is 7.59. The van der Waals surface area contributed by atoms with Crippen LogP contribution in [0.1, 0.15) is 27.2 Å². The van der Waals surface area contributed by atoms with Gasteiger partial charge in [-0.05, 0) is 27.3 Å². The molecule has 1 aliphatic heterocycles. The maximum absolute atomic E-state index is 12.1. The van der Waals surface area contributed by atoms with E-state index in [0.717, 1.165) is 32.6 Å². The highest BCUT2D eigenvalue weighted by molar-refractivity contribution is 5.81. The molecular weight excluding hydrogens is 256 g/mol. The fourth-order valence-electron chi connectivity index (χ4n) is 2.05. The van der Waals surface area contributed by atoms with Crippen LogP contribution in [0.2, 0.25) is 0 Å². The van der Waals surface area contributed by atoms with Gasteiger partial charge in [-0.25, -0.2) is 0 Å². The Morgan fingerprint density at radius 3 is 2.40 bits per heavy atom. The minimum atomic E-state index is -0.194. The molecule has 0 aromatic rings. The average Bonchev–Trinajstić information content (AvgIpc) is 2.38. The van der Waals surface area contributed by atoms with E-state index in [9.17, 15) is 9.59 Å². The van der Waals surface area contributed by atoms with E-state index in [4.69, 9.17) is 0 Å². The van der Waals surface area contributed by atoms with Crippen LogP contribution >= 0.6 is 0 Å². The molecule has 116 valence electrons. The lowest BCUT2D eigenvalue weighted by molar-refractivity contribution is -0.133. The van der Waals surface area contributed by atoms with E-state index < -0.39 is 0 Å². The lowest BCUT2D eigenvalue weighted by Crippen LogP contribution is -2.51. The fourth-order valence-corrected chi connectivity index (χ4v) is 2.05. The van der Waals surface area contributed by atoms with E-state index >= 15 is 0 Å². The van der Waals surface area contributed by atoms with Gasteiger partial charge in [-0.2, -0.15) is 0 Å². The number of hydrogen-bond donors (Lipinski definition) is 2. The molecular formula is C14H28N4O2. The van der Waals surface area contributed by atoms with Crippen molar-refractivity contribution in [3.8, 4) is 0 Å². The van der Waals surface area contributed by atoms with Gasteiger partial charge in [-0.1, -0.05) is 6.92 Å². The molecule has 0 aromatic heterocycles. The van der Waals surface area contributed by atoms with E-state index in [-0.39, 0.29) is 23.9 Å². The number of nitrogens with zero attached hydrogens (tertiary/aromatic N) is 2. The third-order valence-corrected chi connectivity index (χ3v) is 3.65. The normalized spacial score (nSPS) is 16.4. The summed E-state index contributed by atoms with van der Waals surface area (Å²) in [6, 6.07) is 0. The second-order valence-corrected chi connectivity index (χ2v) is 6.09. The smallest absolute Gasteiger partial charge is 0.236 e. The summed E-state index contributed by atoms with van der Waals surface area (Å²) in [5, 5.41) is 6.19. The number of carbonyl (C=O) groups excluding carboxylic acids is 2. The Kier molecular flexibility index (Phi) is 6.42. The summed E-state index contributed by atoms with van der Waals surface area (Å²) in [4.78, 5) is 27.6. The monoisotopic (exact) mass is 284 g/mol. The van der Waals surface area contributed by atoms with Gasteiger partial charge < -0.3 is 15.5 Å². The van der Waals surface area contributed by atoms with Crippen LogP contribution in [-0.2, 0) is 9.59 Å². The molecule has 0 unspecified atom stereocenters. The first kappa shape index (κ1) is 16.9. The zero-order valence-electron chi connectivity index (χ0n) is 13.2. The lowest BCUT2D eigenvalue weighted by Gasteiger charge is -2.30. The molecule has 0 atom stereocenters. The first-order valence-corrected chi connectivity index (χ1v) is 7.32. The lowest BCUT2D eigenvalue weighted by atomic mass is 10.0. The van der Waals surface area contributed by atoms with E-state index in [2.05, 4.69) is 10.6 Å². The van der Waals surface area contributed by atoms with Crippen molar-refractivity contribution in [2.45, 2.75) is 32.7 Å². The SMILES string of the molecule is CCC(C)(C)NC(=O)CN(C)CC(=O)N1CCNCC1. The topological polar surface area (TPSA) is 64.7 Å². The number of hydrogen-bond acceptors (Lipinski definition) is 4. The van der Waals surface area contributed by atoms with Crippen LogP contribution in [0.4, 0.5) is 0 Å². The molecule has 0 radical (unpaired) electrons. The van der Waals surface area contributed by atoms with Crippen molar-refractivity contribution < 1.29 is 9.59 Å². The van der Waals surface area contributed by atoms with Gasteiger partial charge in [0.25, 0.3) is 0 Å². The Bertz CT molecular complexity index is 338. The van der Waals surface area contributed by atoms with Gasteiger partial charge in [0.1, 0.15) is 0 Å². The maximum atomic E-state index is 12.1. The maximum Gasteiger partial charge on any atom is 0.236 e. The van der Waals surface area contributed by atoms with Gasteiger partial charge in [-0.3, -0.25) is 14.5 Å². The predicted octanol–water partition coefficient (Wildman–Crippen LogP) is -0.345. The summed E-state index contributed by atoms with van der Waals surface area (Å²) in [6.45, 7) is 9.78. The molecule has 0 bridgehead atoms. The third-order valence-electron chi connectivity index (χ3n) is 3.65. The Morgan fingerprint density at radius 2 is 1.85 bits per heavy atom. The van der Waals surface area contributed by atoms with Crippen LogP contribution in [0.15, 0.2) is 0 Å². The number of likely N-dealkylation sites (N-methyl/N-ethyl adjacent to an activating group) is 1. The predicted molar refractivity (Wildman–Crippen MR) is 79.5 cm³/mol. The van der Waals surface area contributed by atoms with E-state index in [0.29, 0.717) is 6.54 Å². The molecule has 0 saturated carbocycles. The van der Waals surface area contributed by atoms with Crippen molar-refractivity contribution in [1.29, 1.82) is 0 Å². The van der Waals surface area contributed by atoms with Gasteiger partial charge in [0.05, 0.1) is 13.1 Å². The van der Waals surface area contributed by atoms with Crippen LogP contribution in [-0.4, -0.2) is 73.5 Å². The number of nitrogens with one attached hydrogen (secondary N) is 2. The summed E-state index contributed by atoms with van der Waals surface area (Å²) in [5.41, 5.74) is -0.194. The molecule has 0 spiro atoms. The molecule has 20 heavy (non-hydrogen) atoms. The van der Waals surface area contributed by atoms with Crippen LogP contribution in [0.3, 0.4) is 0 Å². The second-order valence-electron chi connectivity index (χ2n) is 6.09. The summed E-state index contributed by atoms with van der Waals surface area (Å²) in [6.07, 6.45) is 0.877.